The second-order valence-electron chi connectivity index (χ2n) is 3.13. The third kappa shape index (κ3) is 5.13. The van der Waals surface area contributed by atoms with Gasteiger partial charge in [-0.2, -0.15) is 4.98 Å². The minimum absolute atomic E-state index is 0.216. The van der Waals surface area contributed by atoms with Crippen LogP contribution in [0.2, 0.25) is 5.02 Å². The van der Waals surface area contributed by atoms with Crippen LogP contribution in [0.3, 0.4) is 0 Å². The summed E-state index contributed by atoms with van der Waals surface area (Å²) in [5.74, 6) is 5.74. The van der Waals surface area contributed by atoms with Gasteiger partial charge in [0.2, 0.25) is 16.0 Å². The van der Waals surface area contributed by atoms with Gasteiger partial charge in [0.25, 0.3) is 0 Å². The van der Waals surface area contributed by atoms with Gasteiger partial charge in [0.1, 0.15) is 5.02 Å². The average Bonchev–Trinajstić information content (AvgIpc) is 2.25. The number of nitrogens with zero attached hydrogens (tertiary/aromatic N) is 2. The molecular weight excluding hydrogens is 268 g/mol. The van der Waals surface area contributed by atoms with Crippen molar-refractivity contribution in [2.45, 2.75) is 0 Å². The maximum atomic E-state index is 10.8. The third-order valence-corrected chi connectivity index (χ3v) is 2.66. The summed E-state index contributed by atoms with van der Waals surface area (Å²) in [6.07, 6.45) is 2.47. The molecule has 10 heteroatoms. The van der Waals surface area contributed by atoms with Crippen molar-refractivity contribution in [1.29, 1.82) is 0 Å². The van der Waals surface area contributed by atoms with Crippen LogP contribution in [0.25, 0.3) is 0 Å². The van der Waals surface area contributed by atoms with Gasteiger partial charge in [-0.25, -0.2) is 24.0 Å². The summed E-state index contributed by atoms with van der Waals surface area (Å²) in [7, 11) is -3.19. The molecule has 0 aromatic carbocycles. The van der Waals surface area contributed by atoms with Crippen molar-refractivity contribution in [2.75, 3.05) is 30.1 Å². The molecule has 1 aromatic rings. The molecule has 0 bridgehead atoms. The molecule has 0 unspecified atom stereocenters. The van der Waals surface area contributed by atoms with Crippen molar-refractivity contribution >= 4 is 33.4 Å². The lowest BCUT2D eigenvalue weighted by Crippen LogP contribution is -2.28. The third-order valence-electron chi connectivity index (χ3n) is 1.65. The highest BCUT2D eigenvalue weighted by Gasteiger charge is 2.04. The zero-order valence-electron chi connectivity index (χ0n) is 9.07. The lowest BCUT2D eigenvalue weighted by molar-refractivity contribution is 0.589. The normalized spacial score (nSPS) is 11.2. The Morgan fingerprint density at radius 2 is 2.18 bits per heavy atom. The van der Waals surface area contributed by atoms with Crippen molar-refractivity contribution in [2.24, 2.45) is 5.84 Å². The van der Waals surface area contributed by atoms with Gasteiger partial charge in [0, 0.05) is 13.1 Å². The molecular formula is C7H13ClN6O2S. The molecule has 1 heterocycles. The van der Waals surface area contributed by atoms with Gasteiger partial charge in [0.15, 0.2) is 5.82 Å². The number of sulfonamides is 1. The Labute approximate surface area is 104 Å². The predicted molar refractivity (Wildman–Crippen MR) is 66.2 cm³/mol. The Bertz CT molecular complexity index is 479. The molecule has 0 aliphatic carbocycles. The lowest BCUT2D eigenvalue weighted by atomic mass is 10.5. The number of hydrogen-bond donors (Lipinski definition) is 4. The number of rotatable bonds is 6. The zero-order chi connectivity index (χ0) is 12.9. The van der Waals surface area contributed by atoms with Crippen LogP contribution < -0.4 is 21.3 Å². The van der Waals surface area contributed by atoms with Crippen molar-refractivity contribution in [3.63, 3.8) is 0 Å². The molecule has 8 nitrogen and oxygen atoms in total. The molecule has 0 spiro atoms. The zero-order valence-corrected chi connectivity index (χ0v) is 10.6. The largest absolute Gasteiger partial charge is 0.367 e. The quantitative estimate of drug-likeness (QED) is 0.311. The maximum Gasteiger partial charge on any atom is 0.239 e. The molecule has 0 radical (unpaired) electrons. The molecule has 0 aliphatic rings. The molecule has 0 fully saturated rings. The van der Waals surface area contributed by atoms with Gasteiger partial charge in [-0.1, -0.05) is 11.6 Å². The number of nitrogen functional groups attached to an aromatic ring is 1. The average molecular weight is 281 g/mol. The standard InChI is InChI=1S/C7H13ClN6O2S/c1-17(15,16)12-3-2-10-6-5(8)4-11-7(13-6)14-9/h4,12H,2-3,9H2,1H3,(H2,10,11,13,14). The first-order valence-corrected chi connectivity index (χ1v) is 6.87. The number of aromatic nitrogens is 2. The smallest absolute Gasteiger partial charge is 0.239 e. The number of hydrazine groups is 1. The SMILES string of the molecule is CS(=O)(=O)NCCNc1nc(NN)ncc1Cl. The highest BCUT2D eigenvalue weighted by Crippen LogP contribution is 2.18. The van der Waals surface area contributed by atoms with Crippen molar-refractivity contribution in [3.05, 3.63) is 11.2 Å². The minimum Gasteiger partial charge on any atom is -0.367 e. The van der Waals surface area contributed by atoms with E-state index < -0.39 is 10.0 Å². The van der Waals surface area contributed by atoms with E-state index in [9.17, 15) is 8.42 Å². The van der Waals surface area contributed by atoms with E-state index in [1.54, 1.807) is 0 Å². The van der Waals surface area contributed by atoms with Gasteiger partial charge in [-0.15, -0.1) is 0 Å². The predicted octanol–water partition coefficient (Wildman–Crippen LogP) is -0.623. The van der Waals surface area contributed by atoms with Crippen LogP contribution in [-0.4, -0.2) is 37.7 Å². The monoisotopic (exact) mass is 280 g/mol. The molecule has 96 valence electrons. The summed E-state index contributed by atoms with van der Waals surface area (Å²) >= 11 is 5.83. The fourth-order valence-electron chi connectivity index (χ4n) is 0.978. The Morgan fingerprint density at radius 3 is 2.76 bits per heavy atom. The second-order valence-corrected chi connectivity index (χ2v) is 5.37. The van der Waals surface area contributed by atoms with E-state index in [1.165, 1.54) is 6.20 Å². The number of halogens is 1. The van der Waals surface area contributed by atoms with Crippen LogP contribution >= 0.6 is 11.6 Å². The van der Waals surface area contributed by atoms with Crippen LogP contribution in [0, 0.1) is 0 Å². The number of hydrogen-bond acceptors (Lipinski definition) is 7. The molecule has 17 heavy (non-hydrogen) atoms. The second kappa shape index (κ2) is 5.96. The topological polar surface area (TPSA) is 122 Å². The van der Waals surface area contributed by atoms with E-state index in [1.807, 2.05) is 0 Å². The number of anilines is 2. The Hall–Kier alpha value is -1.16. The van der Waals surface area contributed by atoms with Gasteiger partial charge < -0.3 is 5.32 Å². The van der Waals surface area contributed by atoms with Gasteiger partial charge in [-0.05, 0) is 0 Å². The Balaban J connectivity index is 2.51. The molecule has 5 N–H and O–H groups in total. The first-order valence-electron chi connectivity index (χ1n) is 4.60. The van der Waals surface area contributed by atoms with Gasteiger partial charge in [0.05, 0.1) is 12.5 Å². The molecule has 0 aliphatic heterocycles. The highest BCUT2D eigenvalue weighted by atomic mass is 35.5. The molecule has 0 saturated carbocycles. The molecule has 0 atom stereocenters. The Kier molecular flexibility index (Phi) is 4.87. The molecule has 0 amide bonds. The van der Waals surface area contributed by atoms with Crippen LogP contribution in [-0.2, 0) is 10.0 Å². The van der Waals surface area contributed by atoms with Gasteiger partial charge in [-0.3, -0.25) is 5.43 Å². The van der Waals surface area contributed by atoms with E-state index in [4.69, 9.17) is 17.4 Å². The van der Waals surface area contributed by atoms with Gasteiger partial charge >= 0.3 is 0 Å². The van der Waals surface area contributed by atoms with E-state index >= 15 is 0 Å². The summed E-state index contributed by atoms with van der Waals surface area (Å²) in [4.78, 5) is 7.75. The maximum absolute atomic E-state index is 10.8. The summed E-state index contributed by atoms with van der Waals surface area (Å²) < 4.78 is 23.9. The fourth-order valence-corrected chi connectivity index (χ4v) is 1.61. The summed E-state index contributed by atoms with van der Waals surface area (Å²) in [6, 6.07) is 0. The summed E-state index contributed by atoms with van der Waals surface area (Å²) in [5, 5.41) is 3.18. The van der Waals surface area contributed by atoms with Crippen LogP contribution in [0.1, 0.15) is 0 Å². The molecule has 1 rings (SSSR count). The van der Waals surface area contributed by atoms with Crippen LogP contribution in [0.4, 0.5) is 11.8 Å². The summed E-state index contributed by atoms with van der Waals surface area (Å²) in [5.41, 5.74) is 2.28. The van der Waals surface area contributed by atoms with E-state index in [-0.39, 0.29) is 12.5 Å². The van der Waals surface area contributed by atoms with E-state index in [0.717, 1.165) is 6.26 Å². The van der Waals surface area contributed by atoms with E-state index in [2.05, 4.69) is 25.4 Å². The number of nitrogens with one attached hydrogen (secondary N) is 3. The minimum atomic E-state index is -3.19. The van der Waals surface area contributed by atoms with Crippen molar-refractivity contribution in [3.8, 4) is 0 Å². The van der Waals surface area contributed by atoms with Crippen LogP contribution in [0.15, 0.2) is 6.20 Å². The fraction of sp³-hybridized carbons (Fsp3) is 0.429. The van der Waals surface area contributed by atoms with E-state index in [0.29, 0.717) is 17.4 Å². The molecule has 1 aromatic heterocycles. The van der Waals surface area contributed by atoms with Crippen LogP contribution in [0.5, 0.6) is 0 Å². The van der Waals surface area contributed by atoms with Crippen molar-refractivity contribution < 1.29 is 8.42 Å². The first kappa shape index (κ1) is 13.9. The first-order chi connectivity index (χ1) is 7.92. The number of nitrogens with two attached hydrogens (primary N) is 1. The highest BCUT2D eigenvalue weighted by molar-refractivity contribution is 7.88. The van der Waals surface area contributed by atoms with Crippen molar-refractivity contribution in [1.82, 2.24) is 14.7 Å². The Morgan fingerprint density at radius 1 is 1.47 bits per heavy atom. The molecule has 0 saturated heterocycles. The summed E-state index contributed by atoms with van der Waals surface area (Å²) in [6.45, 7) is 0.568. The lowest BCUT2D eigenvalue weighted by Gasteiger charge is -2.08.